The fourth-order valence-corrected chi connectivity index (χ4v) is 12.1. The van der Waals surface area contributed by atoms with Crippen molar-refractivity contribution in [1.82, 2.24) is 0 Å². The van der Waals surface area contributed by atoms with Gasteiger partial charge in [0, 0.05) is 33.9 Å². The zero-order chi connectivity index (χ0) is 31.9. The minimum atomic E-state index is 0.119. The molecule has 4 fully saturated rings. The Morgan fingerprint density at radius 3 is 2.10 bits per heavy atom. The molecule has 0 aromatic heterocycles. The molecule has 0 amide bonds. The van der Waals surface area contributed by atoms with Crippen LogP contribution in [0.5, 0.6) is 0 Å². The van der Waals surface area contributed by atoms with Crippen molar-refractivity contribution in [1.29, 1.82) is 0 Å². The highest BCUT2D eigenvalue weighted by Gasteiger charge is 2.62. The Balaban J connectivity index is 1.22. The molecule has 5 aromatic carbocycles. The Hall–Kier alpha value is -4.24. The third-order valence-electron chi connectivity index (χ3n) is 13.7. The average Bonchev–Trinajstić information content (AvgIpc) is 3.11. The van der Waals surface area contributed by atoms with E-state index in [4.69, 9.17) is 0 Å². The molecular weight excluding hydrogens is 579 g/mol. The summed E-state index contributed by atoms with van der Waals surface area (Å²) in [6.45, 7) is 7.09. The van der Waals surface area contributed by atoms with Gasteiger partial charge in [-0.1, -0.05) is 87.5 Å². The van der Waals surface area contributed by atoms with Crippen molar-refractivity contribution in [3.63, 3.8) is 0 Å². The molecule has 7 aliphatic rings. The van der Waals surface area contributed by atoms with E-state index in [1.807, 2.05) is 0 Å². The number of hydrogen-bond donors (Lipinski definition) is 0. The number of hydrogen-bond acceptors (Lipinski definition) is 2. The van der Waals surface area contributed by atoms with Crippen molar-refractivity contribution in [2.45, 2.75) is 70.6 Å². The molecule has 2 nitrogen and oxygen atoms in total. The van der Waals surface area contributed by atoms with Crippen molar-refractivity contribution in [3.05, 3.63) is 125 Å². The average molecular weight is 623 g/mol. The number of benzene rings is 5. The molecule has 12 rings (SSSR count). The van der Waals surface area contributed by atoms with Gasteiger partial charge >= 0.3 is 0 Å². The fraction of sp³-hybridized carbons (Fsp3) is 0.333. The smallest absolute Gasteiger partial charge is 0.252 e. The van der Waals surface area contributed by atoms with E-state index in [0.717, 1.165) is 30.1 Å². The molecule has 3 heterocycles. The minimum absolute atomic E-state index is 0.119. The van der Waals surface area contributed by atoms with E-state index in [0.29, 0.717) is 5.92 Å². The van der Waals surface area contributed by atoms with E-state index >= 15 is 0 Å². The third-order valence-corrected chi connectivity index (χ3v) is 13.7. The zero-order valence-electron chi connectivity index (χ0n) is 28.4. The maximum atomic E-state index is 2.71. The predicted octanol–water partition coefficient (Wildman–Crippen LogP) is 9.51. The van der Waals surface area contributed by atoms with Gasteiger partial charge in [0.25, 0.3) is 6.71 Å². The van der Waals surface area contributed by atoms with E-state index in [1.54, 1.807) is 11.1 Å². The van der Waals surface area contributed by atoms with Crippen LogP contribution in [0, 0.1) is 23.7 Å². The highest BCUT2D eigenvalue weighted by Crippen LogP contribution is 2.69. The van der Waals surface area contributed by atoms with E-state index in [-0.39, 0.29) is 12.1 Å². The maximum Gasteiger partial charge on any atom is 0.252 e. The van der Waals surface area contributed by atoms with Crippen molar-refractivity contribution in [3.8, 4) is 0 Å². The largest absolute Gasteiger partial charge is 0.311 e. The summed E-state index contributed by atoms with van der Waals surface area (Å²) in [6, 6.07) is 40.9. The van der Waals surface area contributed by atoms with Crippen LogP contribution in [0.15, 0.2) is 103 Å². The number of anilines is 6. The summed E-state index contributed by atoms with van der Waals surface area (Å²) in [6.07, 6.45) is 8.13. The lowest BCUT2D eigenvalue weighted by Crippen LogP contribution is -2.64. The van der Waals surface area contributed by atoms with Gasteiger partial charge in [-0.25, -0.2) is 0 Å². The fourth-order valence-electron chi connectivity index (χ4n) is 12.1. The number of fused-ring (bicyclic) bond motifs is 6. The van der Waals surface area contributed by atoms with Crippen LogP contribution in [0.4, 0.5) is 34.1 Å². The normalized spacial score (nSPS) is 26.5. The summed E-state index contributed by atoms with van der Waals surface area (Å²) >= 11 is 0. The van der Waals surface area contributed by atoms with Crippen LogP contribution >= 0.6 is 0 Å². The summed E-state index contributed by atoms with van der Waals surface area (Å²) < 4.78 is 0. The number of para-hydroxylation sites is 2. The molecule has 4 aliphatic carbocycles. The van der Waals surface area contributed by atoms with Gasteiger partial charge in [0.1, 0.15) is 0 Å². The van der Waals surface area contributed by atoms with Crippen LogP contribution in [0.3, 0.4) is 0 Å². The van der Waals surface area contributed by atoms with Crippen molar-refractivity contribution in [2.24, 2.45) is 23.7 Å². The lowest BCUT2D eigenvalue weighted by atomic mass is 9.32. The van der Waals surface area contributed by atoms with Crippen LogP contribution in [0.25, 0.3) is 0 Å². The highest BCUT2D eigenvalue weighted by atomic mass is 15.2. The van der Waals surface area contributed by atoms with Crippen LogP contribution in [-0.4, -0.2) is 6.71 Å². The maximum absolute atomic E-state index is 2.71. The second-order valence-electron chi connectivity index (χ2n) is 16.2. The Bertz CT molecular complexity index is 2130. The first-order valence-corrected chi connectivity index (χ1v) is 18.7. The molecular formula is C45H43BN2. The molecule has 3 aliphatic heterocycles. The molecule has 0 atom stereocenters. The van der Waals surface area contributed by atoms with Gasteiger partial charge in [-0.05, 0) is 143 Å². The second kappa shape index (κ2) is 9.68. The molecule has 5 aromatic rings. The molecule has 4 saturated carbocycles. The topological polar surface area (TPSA) is 6.48 Å². The molecule has 48 heavy (non-hydrogen) atoms. The Kier molecular flexibility index (Phi) is 5.59. The van der Waals surface area contributed by atoms with Gasteiger partial charge in [0.15, 0.2) is 0 Å². The molecule has 3 heteroatoms. The number of rotatable bonds is 3. The van der Waals surface area contributed by atoms with Gasteiger partial charge in [-0.2, -0.15) is 0 Å². The lowest BCUT2D eigenvalue weighted by Gasteiger charge is -2.64. The first kappa shape index (κ1) is 27.7. The first-order valence-electron chi connectivity index (χ1n) is 18.7. The van der Waals surface area contributed by atoms with E-state index in [1.165, 1.54) is 93.7 Å². The molecule has 0 unspecified atom stereocenters. The zero-order valence-corrected chi connectivity index (χ0v) is 28.4. The monoisotopic (exact) mass is 622 g/mol. The van der Waals surface area contributed by atoms with E-state index < -0.39 is 0 Å². The van der Waals surface area contributed by atoms with Crippen molar-refractivity contribution >= 4 is 57.2 Å². The van der Waals surface area contributed by atoms with Gasteiger partial charge in [0.2, 0.25) is 0 Å². The highest BCUT2D eigenvalue weighted by molar-refractivity contribution is 7.00. The standard InChI is InChI=1S/C45H43BN2/c1-4-28-18-19-37-42(25-28)47(34-11-7-10-31(26-34)27(2)3)40-16-9-17-41-43(40)46(37)38-14-8-13-36-44(38)48(41)39-15-6-5-12-35(39)45(36)32-21-29-20-30(23-32)24-33(45)22-29/h5-19,25-27,29-30,32-33H,4,20-24H2,1-3H3. The molecule has 0 saturated heterocycles. The molecule has 0 N–H and O–H groups in total. The Labute approximate surface area is 285 Å². The Morgan fingerprint density at radius 2 is 1.33 bits per heavy atom. The SMILES string of the molecule is CCc1ccc2c(c1)N(c1cccc(C(C)C)c1)c1cccc3c1B2c1cccc2c1N3c1ccccc1C21C2CC3CC(C2)CC1C3. The van der Waals surface area contributed by atoms with E-state index in [9.17, 15) is 0 Å². The number of nitrogens with zero attached hydrogens (tertiary/aromatic N) is 2. The quantitative estimate of drug-likeness (QED) is 0.181. The summed E-state index contributed by atoms with van der Waals surface area (Å²) in [5.41, 5.74) is 18.7. The van der Waals surface area contributed by atoms with Crippen LogP contribution in [0.2, 0.25) is 0 Å². The van der Waals surface area contributed by atoms with Crippen LogP contribution in [-0.2, 0) is 11.8 Å². The second-order valence-corrected chi connectivity index (χ2v) is 16.2. The summed E-state index contributed by atoms with van der Waals surface area (Å²) in [5, 5.41) is 0. The molecule has 236 valence electrons. The minimum Gasteiger partial charge on any atom is -0.311 e. The molecule has 1 spiro atoms. The summed E-state index contributed by atoms with van der Waals surface area (Å²) in [5.74, 6) is 3.83. The van der Waals surface area contributed by atoms with Gasteiger partial charge in [-0.15, -0.1) is 0 Å². The van der Waals surface area contributed by atoms with Gasteiger partial charge in [-0.3, -0.25) is 0 Å². The van der Waals surface area contributed by atoms with Crippen molar-refractivity contribution in [2.75, 3.05) is 9.80 Å². The van der Waals surface area contributed by atoms with E-state index in [2.05, 4.69) is 134 Å². The lowest BCUT2D eigenvalue weighted by molar-refractivity contribution is -0.0419. The third kappa shape index (κ3) is 3.36. The predicted molar refractivity (Wildman–Crippen MR) is 202 cm³/mol. The van der Waals surface area contributed by atoms with Crippen LogP contribution in [0.1, 0.15) is 81.0 Å². The van der Waals surface area contributed by atoms with Crippen LogP contribution < -0.4 is 26.2 Å². The van der Waals surface area contributed by atoms with Crippen molar-refractivity contribution < 1.29 is 0 Å². The Morgan fingerprint density at radius 1 is 0.646 bits per heavy atom. The summed E-state index contributed by atoms with van der Waals surface area (Å²) in [4.78, 5) is 5.29. The van der Waals surface area contributed by atoms with Gasteiger partial charge in [0.05, 0.1) is 5.69 Å². The molecule has 4 bridgehead atoms. The molecule has 0 radical (unpaired) electrons. The summed E-state index contributed by atoms with van der Waals surface area (Å²) in [7, 11) is 0. The first-order chi connectivity index (χ1) is 23.6. The van der Waals surface area contributed by atoms with Gasteiger partial charge < -0.3 is 9.80 Å². The number of aryl methyl sites for hydroxylation is 1.